The molecule has 1 atom stereocenters. The van der Waals surface area contributed by atoms with Crippen molar-refractivity contribution in [2.75, 3.05) is 0 Å². The molecule has 0 amide bonds. The summed E-state index contributed by atoms with van der Waals surface area (Å²) in [7, 11) is 0. The number of hydrogen-bond donors (Lipinski definition) is 1. The van der Waals surface area contributed by atoms with E-state index in [-0.39, 0.29) is 17.5 Å². The maximum Gasteiger partial charge on any atom is 0.133 e. The van der Waals surface area contributed by atoms with Crippen molar-refractivity contribution in [3.8, 4) is 5.75 Å². The first-order chi connectivity index (χ1) is 11.6. The molecule has 3 rings (SSSR count). The van der Waals surface area contributed by atoms with Gasteiger partial charge in [-0.05, 0) is 34.9 Å². The Labute approximate surface area is 142 Å². The summed E-state index contributed by atoms with van der Waals surface area (Å²) in [6.45, 7) is 2.05. The highest BCUT2D eigenvalue weighted by molar-refractivity contribution is 5.89. The van der Waals surface area contributed by atoms with Crippen LogP contribution in [0.2, 0.25) is 0 Å². The number of aryl methyl sites for hydroxylation is 1. The zero-order valence-corrected chi connectivity index (χ0v) is 13.9. The Bertz CT molecular complexity index is 837. The van der Waals surface area contributed by atoms with Crippen LogP contribution in [0.3, 0.4) is 0 Å². The smallest absolute Gasteiger partial charge is 0.133 e. The van der Waals surface area contributed by atoms with Crippen molar-refractivity contribution in [3.63, 3.8) is 0 Å². The minimum Gasteiger partial charge on any atom is -0.507 e. The fraction of sp³-hybridized carbons (Fsp3) is 0.227. The second kappa shape index (κ2) is 7.31. The van der Waals surface area contributed by atoms with Crippen molar-refractivity contribution in [1.82, 2.24) is 0 Å². The molecule has 2 nitrogen and oxygen atoms in total. The van der Waals surface area contributed by atoms with Crippen molar-refractivity contribution in [1.29, 1.82) is 0 Å². The first kappa shape index (κ1) is 16.3. The zero-order valence-electron chi connectivity index (χ0n) is 13.9. The Kier molecular flexibility index (Phi) is 4.95. The Balaban J connectivity index is 1.66. The Morgan fingerprint density at radius 3 is 2.50 bits per heavy atom. The minimum absolute atomic E-state index is 0.101. The summed E-state index contributed by atoms with van der Waals surface area (Å²) < 4.78 is 0. The van der Waals surface area contributed by atoms with E-state index >= 15 is 0 Å². The number of phenols is 1. The maximum atomic E-state index is 12.3. The highest BCUT2D eigenvalue weighted by atomic mass is 16.3. The molecule has 1 N–H and O–H groups in total. The van der Waals surface area contributed by atoms with Gasteiger partial charge in [0.05, 0.1) is 0 Å². The van der Waals surface area contributed by atoms with Crippen molar-refractivity contribution in [2.24, 2.45) is 0 Å². The van der Waals surface area contributed by atoms with Gasteiger partial charge >= 0.3 is 0 Å². The molecule has 24 heavy (non-hydrogen) atoms. The number of ketones is 1. The predicted octanol–water partition coefficient (Wildman–Crippen LogP) is 5.24. The van der Waals surface area contributed by atoms with Crippen LogP contribution in [0.4, 0.5) is 0 Å². The van der Waals surface area contributed by atoms with Crippen LogP contribution >= 0.6 is 0 Å². The molecule has 0 saturated heterocycles. The third kappa shape index (κ3) is 3.83. The van der Waals surface area contributed by atoms with E-state index in [0.717, 1.165) is 22.8 Å². The van der Waals surface area contributed by atoms with E-state index in [1.165, 1.54) is 5.56 Å². The first-order valence-electron chi connectivity index (χ1n) is 8.41. The van der Waals surface area contributed by atoms with E-state index < -0.39 is 0 Å². The molecule has 122 valence electrons. The van der Waals surface area contributed by atoms with Crippen molar-refractivity contribution < 1.29 is 9.90 Å². The average molecular weight is 318 g/mol. The average Bonchev–Trinajstić information content (AvgIpc) is 2.61. The number of carbonyl (C=O) groups is 1. The molecule has 0 radical (unpaired) electrons. The van der Waals surface area contributed by atoms with E-state index in [9.17, 15) is 9.90 Å². The molecule has 0 saturated carbocycles. The lowest BCUT2D eigenvalue weighted by Crippen LogP contribution is -2.06. The SMILES string of the molecule is CC(CC(=O)CCc1ccccc1)c1cc(O)c2ccccc2c1. The third-order valence-electron chi connectivity index (χ3n) is 4.50. The molecular weight excluding hydrogens is 296 g/mol. The summed E-state index contributed by atoms with van der Waals surface area (Å²) in [5, 5.41) is 12.1. The van der Waals surface area contributed by atoms with Gasteiger partial charge in [-0.1, -0.05) is 67.6 Å². The third-order valence-corrected chi connectivity index (χ3v) is 4.50. The number of carbonyl (C=O) groups excluding carboxylic acids is 1. The van der Waals surface area contributed by atoms with Crippen LogP contribution in [0.25, 0.3) is 10.8 Å². The number of phenolic OH excluding ortho intramolecular Hbond substituents is 1. The van der Waals surface area contributed by atoms with Gasteiger partial charge in [-0.2, -0.15) is 0 Å². The minimum atomic E-state index is 0.101. The zero-order chi connectivity index (χ0) is 16.9. The Morgan fingerprint density at radius 2 is 1.71 bits per heavy atom. The quantitative estimate of drug-likeness (QED) is 0.674. The van der Waals surface area contributed by atoms with Gasteiger partial charge < -0.3 is 5.11 Å². The number of fused-ring (bicyclic) bond motifs is 1. The second-order valence-corrected chi connectivity index (χ2v) is 6.39. The summed E-state index contributed by atoms with van der Waals surface area (Å²) in [6, 6.07) is 21.7. The number of Topliss-reactive ketones (excluding diaryl/α,β-unsaturated/α-hetero) is 1. The molecule has 1 unspecified atom stereocenters. The number of rotatable bonds is 6. The molecule has 0 spiro atoms. The summed E-state index contributed by atoms with van der Waals surface area (Å²) in [6.07, 6.45) is 1.86. The van der Waals surface area contributed by atoms with E-state index in [1.54, 1.807) is 6.07 Å². The summed E-state index contributed by atoms with van der Waals surface area (Å²) >= 11 is 0. The van der Waals surface area contributed by atoms with Gasteiger partial charge in [-0.25, -0.2) is 0 Å². The molecule has 0 aromatic heterocycles. The van der Waals surface area contributed by atoms with E-state index in [0.29, 0.717) is 12.8 Å². The lowest BCUT2D eigenvalue weighted by molar-refractivity contribution is -0.119. The monoisotopic (exact) mass is 318 g/mol. The maximum absolute atomic E-state index is 12.3. The van der Waals surface area contributed by atoms with E-state index in [1.807, 2.05) is 49.4 Å². The van der Waals surface area contributed by atoms with Gasteiger partial charge in [0.15, 0.2) is 0 Å². The van der Waals surface area contributed by atoms with Crippen molar-refractivity contribution in [2.45, 2.75) is 32.1 Å². The van der Waals surface area contributed by atoms with Crippen molar-refractivity contribution >= 4 is 16.6 Å². The molecule has 3 aromatic rings. The second-order valence-electron chi connectivity index (χ2n) is 6.39. The lowest BCUT2D eigenvalue weighted by atomic mass is 9.91. The molecule has 0 fully saturated rings. The van der Waals surface area contributed by atoms with Crippen LogP contribution in [0.15, 0.2) is 66.7 Å². The molecule has 0 heterocycles. The topological polar surface area (TPSA) is 37.3 Å². The summed E-state index contributed by atoms with van der Waals surface area (Å²) in [5.74, 6) is 0.648. The lowest BCUT2D eigenvalue weighted by Gasteiger charge is -2.13. The Hall–Kier alpha value is -2.61. The van der Waals surface area contributed by atoms with Gasteiger partial charge in [0.1, 0.15) is 11.5 Å². The van der Waals surface area contributed by atoms with Crippen LogP contribution in [-0.4, -0.2) is 10.9 Å². The fourth-order valence-corrected chi connectivity index (χ4v) is 3.09. The van der Waals surface area contributed by atoms with Crippen LogP contribution in [0.1, 0.15) is 36.8 Å². The van der Waals surface area contributed by atoms with Gasteiger partial charge in [0, 0.05) is 18.2 Å². The van der Waals surface area contributed by atoms with Crippen LogP contribution in [-0.2, 0) is 11.2 Å². The molecule has 0 bridgehead atoms. The fourth-order valence-electron chi connectivity index (χ4n) is 3.09. The molecular formula is C22H22O2. The molecule has 0 aliphatic rings. The van der Waals surface area contributed by atoms with Crippen LogP contribution < -0.4 is 0 Å². The molecule has 2 heteroatoms. The molecule has 3 aromatic carbocycles. The van der Waals surface area contributed by atoms with Gasteiger partial charge in [0.25, 0.3) is 0 Å². The van der Waals surface area contributed by atoms with E-state index in [2.05, 4.69) is 18.2 Å². The van der Waals surface area contributed by atoms with Crippen molar-refractivity contribution in [3.05, 3.63) is 77.9 Å². The Morgan fingerprint density at radius 1 is 1.00 bits per heavy atom. The van der Waals surface area contributed by atoms with Crippen LogP contribution in [0.5, 0.6) is 5.75 Å². The summed E-state index contributed by atoms with van der Waals surface area (Å²) in [4.78, 5) is 12.3. The van der Waals surface area contributed by atoms with Gasteiger partial charge in [0.2, 0.25) is 0 Å². The highest BCUT2D eigenvalue weighted by Crippen LogP contribution is 2.31. The molecule has 0 aliphatic carbocycles. The molecule has 0 aliphatic heterocycles. The standard InChI is InChI=1S/C22H22O2/c1-16(13-20(23)12-11-17-7-3-2-4-8-17)19-14-18-9-5-6-10-21(18)22(24)15-19/h2-10,14-16,24H,11-13H2,1H3. The largest absolute Gasteiger partial charge is 0.507 e. The predicted molar refractivity (Wildman–Crippen MR) is 98.4 cm³/mol. The highest BCUT2D eigenvalue weighted by Gasteiger charge is 2.13. The summed E-state index contributed by atoms with van der Waals surface area (Å²) in [5.41, 5.74) is 2.21. The number of aromatic hydroxyl groups is 1. The van der Waals surface area contributed by atoms with Gasteiger partial charge in [-0.15, -0.1) is 0 Å². The number of hydrogen-bond acceptors (Lipinski definition) is 2. The number of benzene rings is 3. The first-order valence-corrected chi connectivity index (χ1v) is 8.41. The van der Waals surface area contributed by atoms with Gasteiger partial charge in [-0.3, -0.25) is 4.79 Å². The van der Waals surface area contributed by atoms with E-state index in [4.69, 9.17) is 0 Å². The normalized spacial score (nSPS) is 12.2. The van der Waals surface area contributed by atoms with Crippen LogP contribution in [0, 0.1) is 0 Å².